The molecule has 3 rings (SSSR count). The molecule has 5 nitrogen and oxygen atoms in total. The quantitative estimate of drug-likeness (QED) is 0.695. The molecule has 1 saturated heterocycles. The largest absolute Gasteiger partial charge is 0.346 e. The smallest absolute Gasteiger partial charge is 0.318 e. The monoisotopic (exact) mass is 327 g/mol. The van der Waals surface area contributed by atoms with Crippen LogP contribution in [0.15, 0.2) is 59.7 Å². The van der Waals surface area contributed by atoms with Crippen LogP contribution in [0.1, 0.15) is 18.1 Å². The summed E-state index contributed by atoms with van der Waals surface area (Å²) in [4.78, 5) is 24.8. The number of imide groups is 1. The van der Waals surface area contributed by atoms with Crippen LogP contribution in [-0.4, -0.2) is 23.2 Å². The lowest BCUT2D eigenvalue weighted by molar-refractivity contribution is -0.131. The van der Waals surface area contributed by atoms with Crippen LogP contribution in [0.5, 0.6) is 0 Å². The third-order valence-electron chi connectivity index (χ3n) is 3.74. The van der Waals surface area contributed by atoms with E-state index in [0.29, 0.717) is 16.1 Å². The van der Waals surface area contributed by atoms with Gasteiger partial charge in [-0.05, 0) is 18.6 Å². The molecule has 1 fully saturated rings. The van der Waals surface area contributed by atoms with Crippen LogP contribution in [0.2, 0.25) is 5.02 Å². The van der Waals surface area contributed by atoms with Gasteiger partial charge >= 0.3 is 6.03 Å². The third kappa shape index (κ3) is 2.71. The molecule has 3 amide bonds. The van der Waals surface area contributed by atoms with Crippen molar-refractivity contribution in [2.45, 2.75) is 12.5 Å². The van der Waals surface area contributed by atoms with E-state index in [1.54, 1.807) is 43.3 Å². The Morgan fingerprint density at radius 3 is 2.43 bits per heavy atom. The number of hydrazone groups is 1. The molecule has 23 heavy (non-hydrogen) atoms. The van der Waals surface area contributed by atoms with Gasteiger partial charge in [-0.3, -0.25) is 4.79 Å². The van der Waals surface area contributed by atoms with Gasteiger partial charge in [0, 0.05) is 10.6 Å². The number of urea groups is 1. The summed E-state index contributed by atoms with van der Waals surface area (Å²) in [6.07, 6.45) is 1.40. The van der Waals surface area contributed by atoms with Crippen LogP contribution in [0, 0.1) is 0 Å². The van der Waals surface area contributed by atoms with E-state index in [2.05, 4.69) is 10.4 Å². The second-order valence-electron chi connectivity index (χ2n) is 5.30. The summed E-state index contributed by atoms with van der Waals surface area (Å²) in [6, 6.07) is 15.5. The van der Waals surface area contributed by atoms with Crippen molar-refractivity contribution in [1.82, 2.24) is 10.3 Å². The fraction of sp³-hybridized carbons (Fsp3) is 0.118. The van der Waals surface area contributed by atoms with Gasteiger partial charge in [-0.25, -0.2) is 4.79 Å². The highest BCUT2D eigenvalue weighted by Gasteiger charge is 2.49. The maximum atomic E-state index is 12.6. The lowest BCUT2D eigenvalue weighted by Gasteiger charge is -2.20. The molecule has 0 unspecified atom stereocenters. The van der Waals surface area contributed by atoms with Crippen molar-refractivity contribution in [2.24, 2.45) is 5.10 Å². The third-order valence-corrected chi connectivity index (χ3v) is 4.08. The van der Waals surface area contributed by atoms with Crippen molar-refractivity contribution in [3.8, 4) is 0 Å². The number of nitrogens with one attached hydrogen (secondary N) is 1. The molecule has 6 heteroatoms. The van der Waals surface area contributed by atoms with Crippen LogP contribution in [0.4, 0.5) is 4.79 Å². The van der Waals surface area contributed by atoms with Gasteiger partial charge in [0.05, 0.1) is 6.21 Å². The predicted octanol–water partition coefficient (Wildman–Crippen LogP) is 3.14. The maximum absolute atomic E-state index is 12.6. The summed E-state index contributed by atoms with van der Waals surface area (Å²) in [5.41, 5.74) is 0.202. The first-order chi connectivity index (χ1) is 11.0. The summed E-state index contributed by atoms with van der Waals surface area (Å²) in [7, 11) is 0. The van der Waals surface area contributed by atoms with Gasteiger partial charge in [-0.2, -0.15) is 5.10 Å². The first kappa shape index (κ1) is 15.2. The van der Waals surface area contributed by atoms with Crippen LogP contribution in [0.25, 0.3) is 0 Å². The standard InChI is InChI=1S/C17H14ClN3O2/c1-17(13-8-3-2-4-9-13)15(22)21(16(23)20-17)19-11-12-7-5-6-10-14(12)18/h2-11H,1H3,(H,20,23)/b19-11-/t17-/m0/s1. The van der Waals surface area contributed by atoms with Gasteiger partial charge in [-0.1, -0.05) is 60.1 Å². The minimum absolute atomic E-state index is 0.433. The van der Waals surface area contributed by atoms with Gasteiger partial charge in [0.2, 0.25) is 0 Å². The molecule has 0 bridgehead atoms. The number of rotatable bonds is 3. The predicted molar refractivity (Wildman–Crippen MR) is 88.2 cm³/mol. The minimum atomic E-state index is -1.13. The van der Waals surface area contributed by atoms with Crippen LogP contribution in [0.3, 0.4) is 0 Å². The molecule has 0 spiro atoms. The van der Waals surface area contributed by atoms with E-state index in [-0.39, 0.29) is 0 Å². The Bertz CT molecular complexity index is 791. The van der Waals surface area contributed by atoms with Crippen molar-refractivity contribution in [3.05, 3.63) is 70.7 Å². The fourth-order valence-electron chi connectivity index (χ4n) is 2.40. The van der Waals surface area contributed by atoms with E-state index in [4.69, 9.17) is 11.6 Å². The minimum Gasteiger partial charge on any atom is -0.318 e. The van der Waals surface area contributed by atoms with Gasteiger partial charge in [0.1, 0.15) is 5.54 Å². The van der Waals surface area contributed by atoms with E-state index in [9.17, 15) is 9.59 Å². The normalized spacial score (nSPS) is 21.0. The molecule has 0 radical (unpaired) electrons. The van der Waals surface area contributed by atoms with Crippen molar-refractivity contribution in [1.29, 1.82) is 0 Å². The van der Waals surface area contributed by atoms with Crippen molar-refractivity contribution >= 4 is 29.8 Å². The Balaban J connectivity index is 1.89. The number of halogens is 1. The van der Waals surface area contributed by atoms with Crippen molar-refractivity contribution in [3.63, 3.8) is 0 Å². The molecule has 1 heterocycles. The zero-order valence-corrected chi connectivity index (χ0v) is 13.1. The van der Waals surface area contributed by atoms with Gasteiger partial charge in [-0.15, -0.1) is 5.01 Å². The van der Waals surface area contributed by atoms with E-state index >= 15 is 0 Å². The molecule has 116 valence electrons. The van der Waals surface area contributed by atoms with Gasteiger partial charge in [0.15, 0.2) is 0 Å². The Hall–Kier alpha value is -2.66. The molecule has 1 atom stereocenters. The summed E-state index contributed by atoms with van der Waals surface area (Å²) >= 11 is 6.04. The zero-order chi connectivity index (χ0) is 16.4. The van der Waals surface area contributed by atoms with Gasteiger partial charge in [0.25, 0.3) is 5.91 Å². The molecule has 2 aromatic rings. The van der Waals surface area contributed by atoms with E-state index in [1.165, 1.54) is 6.21 Å². The van der Waals surface area contributed by atoms with Crippen molar-refractivity contribution < 1.29 is 9.59 Å². The first-order valence-electron chi connectivity index (χ1n) is 7.03. The number of carbonyl (C=O) groups is 2. The number of nitrogens with zero attached hydrogens (tertiary/aromatic N) is 2. The molecule has 0 aliphatic carbocycles. The molecule has 1 aliphatic heterocycles. The number of hydrogen-bond acceptors (Lipinski definition) is 3. The first-order valence-corrected chi connectivity index (χ1v) is 7.41. The number of benzene rings is 2. The summed E-state index contributed by atoms with van der Waals surface area (Å²) in [6.45, 7) is 1.66. The SMILES string of the molecule is C[C@@]1(c2ccccc2)NC(=O)N(/N=C\c2ccccc2Cl)C1=O. The number of hydrogen-bond donors (Lipinski definition) is 1. The molecular formula is C17H14ClN3O2. The second kappa shape index (κ2) is 5.85. The van der Waals surface area contributed by atoms with Crippen LogP contribution in [-0.2, 0) is 10.3 Å². The molecular weight excluding hydrogens is 314 g/mol. The zero-order valence-electron chi connectivity index (χ0n) is 12.4. The van der Waals surface area contributed by atoms with Crippen LogP contribution < -0.4 is 5.32 Å². The molecule has 1 aliphatic rings. The fourth-order valence-corrected chi connectivity index (χ4v) is 2.58. The average molecular weight is 328 g/mol. The lowest BCUT2D eigenvalue weighted by Crippen LogP contribution is -2.40. The Kier molecular flexibility index (Phi) is 3.88. The Morgan fingerprint density at radius 2 is 1.74 bits per heavy atom. The van der Waals surface area contributed by atoms with Crippen LogP contribution >= 0.6 is 11.6 Å². The summed E-state index contributed by atoms with van der Waals surface area (Å²) in [5, 5.41) is 8.01. The molecule has 0 saturated carbocycles. The Morgan fingerprint density at radius 1 is 1.09 bits per heavy atom. The van der Waals surface area contributed by atoms with Crippen molar-refractivity contribution in [2.75, 3.05) is 0 Å². The highest BCUT2D eigenvalue weighted by atomic mass is 35.5. The highest BCUT2D eigenvalue weighted by Crippen LogP contribution is 2.28. The summed E-state index contributed by atoms with van der Waals surface area (Å²) in [5.74, 6) is -0.433. The number of amides is 3. The highest BCUT2D eigenvalue weighted by molar-refractivity contribution is 6.33. The van der Waals surface area contributed by atoms with E-state index < -0.39 is 17.5 Å². The average Bonchev–Trinajstić information content (AvgIpc) is 2.78. The maximum Gasteiger partial charge on any atom is 0.346 e. The second-order valence-corrected chi connectivity index (χ2v) is 5.71. The Labute approximate surface area is 138 Å². The topological polar surface area (TPSA) is 61.8 Å². The molecule has 0 aromatic heterocycles. The van der Waals surface area contributed by atoms with E-state index in [0.717, 1.165) is 5.01 Å². The summed E-state index contributed by atoms with van der Waals surface area (Å²) < 4.78 is 0. The molecule has 2 aromatic carbocycles. The number of carbonyl (C=O) groups excluding carboxylic acids is 2. The molecule has 1 N–H and O–H groups in total. The van der Waals surface area contributed by atoms with Gasteiger partial charge < -0.3 is 5.32 Å². The lowest BCUT2D eigenvalue weighted by atomic mass is 9.92. The van der Waals surface area contributed by atoms with E-state index in [1.807, 2.05) is 18.2 Å².